The Bertz CT molecular complexity index is 799. The molecule has 27 heavy (non-hydrogen) atoms. The highest BCUT2D eigenvalue weighted by atomic mass is 35.5. The lowest BCUT2D eigenvalue weighted by atomic mass is 9.96. The first-order chi connectivity index (χ1) is 13.1. The van der Waals surface area contributed by atoms with Gasteiger partial charge < -0.3 is 10.6 Å². The lowest BCUT2D eigenvalue weighted by molar-refractivity contribution is 0.112. The minimum Gasteiger partial charge on any atom is -0.335 e. The van der Waals surface area contributed by atoms with Crippen LogP contribution in [0.25, 0.3) is 0 Å². The van der Waals surface area contributed by atoms with Gasteiger partial charge in [0.2, 0.25) is 0 Å². The number of halogens is 2. The number of amides is 2. The highest BCUT2D eigenvalue weighted by Crippen LogP contribution is 2.37. The number of benzene rings is 2. The number of nitrogens with one attached hydrogen (secondary N) is 2. The van der Waals surface area contributed by atoms with Crippen molar-refractivity contribution >= 4 is 23.3 Å². The molecular formula is C21H23ClFN3O. The van der Waals surface area contributed by atoms with Gasteiger partial charge in [-0.25, -0.2) is 9.18 Å². The summed E-state index contributed by atoms with van der Waals surface area (Å²) in [6, 6.07) is 14.8. The molecule has 2 unspecified atom stereocenters. The maximum atomic E-state index is 13.1. The molecule has 4 rings (SSSR count). The number of anilines is 1. The average Bonchev–Trinajstić information content (AvgIpc) is 2.87. The maximum absolute atomic E-state index is 13.1. The molecular weight excluding hydrogens is 365 g/mol. The first-order valence-corrected chi connectivity index (χ1v) is 9.78. The Kier molecular flexibility index (Phi) is 5.32. The fraction of sp³-hybridized carbons (Fsp3) is 0.381. The maximum Gasteiger partial charge on any atom is 0.319 e. The second kappa shape index (κ2) is 7.87. The summed E-state index contributed by atoms with van der Waals surface area (Å²) in [6.07, 6.45) is 4.17. The van der Waals surface area contributed by atoms with Crippen molar-refractivity contribution in [1.82, 2.24) is 10.2 Å². The van der Waals surface area contributed by atoms with Crippen molar-refractivity contribution in [3.05, 3.63) is 64.9 Å². The molecule has 2 aliphatic heterocycles. The van der Waals surface area contributed by atoms with E-state index in [4.69, 9.17) is 11.6 Å². The largest absolute Gasteiger partial charge is 0.335 e. The van der Waals surface area contributed by atoms with E-state index >= 15 is 0 Å². The van der Waals surface area contributed by atoms with Crippen LogP contribution in [0.15, 0.2) is 48.5 Å². The number of piperidine rings is 1. The Balaban J connectivity index is 1.33. The zero-order valence-corrected chi connectivity index (χ0v) is 15.8. The number of carbonyl (C=O) groups excluding carboxylic acids is 1. The smallest absolute Gasteiger partial charge is 0.319 e. The summed E-state index contributed by atoms with van der Waals surface area (Å²) in [4.78, 5) is 14.9. The van der Waals surface area contributed by atoms with Crippen LogP contribution in [0.3, 0.4) is 0 Å². The summed E-state index contributed by atoms with van der Waals surface area (Å²) >= 11 is 6.10. The molecule has 0 spiro atoms. The van der Waals surface area contributed by atoms with E-state index in [1.165, 1.54) is 12.1 Å². The van der Waals surface area contributed by atoms with E-state index in [-0.39, 0.29) is 17.9 Å². The molecule has 0 aromatic heterocycles. The Morgan fingerprint density at radius 1 is 1.07 bits per heavy atom. The fourth-order valence-corrected chi connectivity index (χ4v) is 4.54. The van der Waals surface area contributed by atoms with Crippen LogP contribution >= 0.6 is 11.6 Å². The molecule has 2 heterocycles. The molecule has 6 heteroatoms. The van der Waals surface area contributed by atoms with Crippen LogP contribution in [0.2, 0.25) is 5.02 Å². The van der Waals surface area contributed by atoms with Crippen LogP contribution in [0.1, 0.15) is 31.2 Å². The van der Waals surface area contributed by atoms with Gasteiger partial charge >= 0.3 is 6.03 Å². The lowest BCUT2D eigenvalue weighted by Crippen LogP contribution is -2.50. The minimum atomic E-state index is -0.209. The SMILES string of the molecule is O=C(Nc1ccccc1Cl)NC1CC2CCC(C1)N2Cc1ccc(F)cc1. The van der Waals surface area contributed by atoms with E-state index in [0.717, 1.165) is 37.8 Å². The number of urea groups is 1. The van der Waals surface area contributed by atoms with E-state index in [1.807, 2.05) is 24.3 Å². The van der Waals surface area contributed by atoms with Crippen molar-refractivity contribution in [2.45, 2.75) is 50.4 Å². The summed E-state index contributed by atoms with van der Waals surface area (Å²) in [6.45, 7) is 0.841. The van der Waals surface area contributed by atoms with Crippen molar-refractivity contribution < 1.29 is 9.18 Å². The van der Waals surface area contributed by atoms with Gasteiger partial charge in [-0.2, -0.15) is 0 Å². The third kappa shape index (κ3) is 4.25. The summed E-state index contributed by atoms with van der Waals surface area (Å²) in [5.41, 5.74) is 1.75. The Hall–Kier alpha value is -2.11. The molecule has 142 valence electrons. The third-order valence-electron chi connectivity index (χ3n) is 5.62. The number of nitrogens with zero attached hydrogens (tertiary/aromatic N) is 1. The van der Waals surface area contributed by atoms with Gasteiger partial charge in [-0.05, 0) is 55.5 Å². The molecule has 0 aliphatic carbocycles. The highest BCUT2D eigenvalue weighted by molar-refractivity contribution is 6.33. The van der Waals surface area contributed by atoms with E-state index in [0.29, 0.717) is 22.8 Å². The summed E-state index contributed by atoms with van der Waals surface area (Å²) < 4.78 is 13.1. The monoisotopic (exact) mass is 387 g/mol. The van der Waals surface area contributed by atoms with Crippen molar-refractivity contribution in [2.75, 3.05) is 5.32 Å². The molecule has 2 saturated heterocycles. The molecule has 2 N–H and O–H groups in total. The van der Waals surface area contributed by atoms with Gasteiger partial charge in [-0.1, -0.05) is 35.9 Å². The lowest BCUT2D eigenvalue weighted by Gasteiger charge is -2.39. The van der Waals surface area contributed by atoms with Gasteiger partial charge in [-0.3, -0.25) is 4.90 Å². The molecule has 2 bridgehead atoms. The number of para-hydroxylation sites is 1. The van der Waals surface area contributed by atoms with Gasteiger partial charge in [0.1, 0.15) is 5.82 Å². The van der Waals surface area contributed by atoms with Crippen molar-refractivity contribution in [3.8, 4) is 0 Å². The zero-order valence-electron chi connectivity index (χ0n) is 15.0. The predicted octanol–water partition coefficient (Wildman–Crippen LogP) is 4.80. The van der Waals surface area contributed by atoms with Gasteiger partial charge in [0, 0.05) is 24.7 Å². The molecule has 2 atom stereocenters. The van der Waals surface area contributed by atoms with Crippen molar-refractivity contribution in [1.29, 1.82) is 0 Å². The normalized spacial score (nSPS) is 24.6. The van der Waals surface area contributed by atoms with Crippen molar-refractivity contribution in [3.63, 3.8) is 0 Å². The molecule has 2 aliphatic rings. The van der Waals surface area contributed by atoms with E-state index in [9.17, 15) is 9.18 Å². The highest BCUT2D eigenvalue weighted by Gasteiger charge is 2.40. The zero-order chi connectivity index (χ0) is 18.8. The number of rotatable bonds is 4. The summed E-state index contributed by atoms with van der Waals surface area (Å²) in [5, 5.41) is 6.46. The van der Waals surface area contributed by atoms with Crippen molar-refractivity contribution in [2.24, 2.45) is 0 Å². The first-order valence-electron chi connectivity index (χ1n) is 9.41. The van der Waals surface area contributed by atoms with Gasteiger partial charge in [-0.15, -0.1) is 0 Å². The number of hydrogen-bond acceptors (Lipinski definition) is 2. The number of carbonyl (C=O) groups is 1. The van der Waals surface area contributed by atoms with E-state index in [1.54, 1.807) is 12.1 Å². The predicted molar refractivity (Wildman–Crippen MR) is 105 cm³/mol. The first kappa shape index (κ1) is 18.3. The second-order valence-corrected chi connectivity index (χ2v) is 7.84. The van der Waals surface area contributed by atoms with Gasteiger partial charge in [0.15, 0.2) is 0 Å². The topological polar surface area (TPSA) is 44.4 Å². The standard InChI is InChI=1S/C21H23ClFN3O/c22-19-3-1-2-4-20(19)25-21(27)24-16-11-17-9-10-18(12-16)26(17)13-14-5-7-15(23)8-6-14/h1-8,16-18H,9-13H2,(H2,24,25,27). The summed E-state index contributed by atoms with van der Waals surface area (Å²) in [7, 11) is 0. The fourth-order valence-electron chi connectivity index (χ4n) is 4.36. The molecule has 4 nitrogen and oxygen atoms in total. The Morgan fingerprint density at radius 2 is 1.74 bits per heavy atom. The molecule has 0 saturated carbocycles. The van der Waals surface area contributed by atoms with Gasteiger partial charge in [0.05, 0.1) is 10.7 Å². The quantitative estimate of drug-likeness (QED) is 0.791. The summed E-state index contributed by atoms with van der Waals surface area (Å²) in [5.74, 6) is -0.200. The Morgan fingerprint density at radius 3 is 2.41 bits per heavy atom. The number of fused-ring (bicyclic) bond motifs is 2. The molecule has 2 aromatic carbocycles. The van der Waals surface area contributed by atoms with E-state index < -0.39 is 0 Å². The van der Waals surface area contributed by atoms with Gasteiger partial charge in [0.25, 0.3) is 0 Å². The third-order valence-corrected chi connectivity index (χ3v) is 5.95. The molecule has 2 amide bonds. The van der Waals surface area contributed by atoms with E-state index in [2.05, 4.69) is 15.5 Å². The van der Waals surface area contributed by atoms with Crippen LogP contribution in [0.4, 0.5) is 14.9 Å². The van der Waals surface area contributed by atoms with Crippen LogP contribution in [0, 0.1) is 5.82 Å². The average molecular weight is 388 g/mol. The van der Waals surface area contributed by atoms with Crippen LogP contribution in [-0.2, 0) is 6.54 Å². The van der Waals surface area contributed by atoms with Crippen LogP contribution in [-0.4, -0.2) is 29.1 Å². The Labute approximate surface area is 163 Å². The minimum absolute atomic E-state index is 0.162. The molecule has 2 aromatic rings. The number of hydrogen-bond donors (Lipinski definition) is 2. The second-order valence-electron chi connectivity index (χ2n) is 7.43. The molecule has 2 fully saturated rings. The van der Waals surface area contributed by atoms with Crippen LogP contribution < -0.4 is 10.6 Å². The van der Waals surface area contributed by atoms with Crippen LogP contribution in [0.5, 0.6) is 0 Å². The molecule has 0 radical (unpaired) electrons.